The predicted octanol–water partition coefficient (Wildman–Crippen LogP) is 1.67. The second-order valence-corrected chi connectivity index (χ2v) is 2.19. The van der Waals surface area contributed by atoms with E-state index in [1.807, 2.05) is 6.07 Å². The Morgan fingerprint density at radius 2 is 2.18 bits per heavy atom. The molecule has 57 valence electrons. The second kappa shape index (κ2) is 3.06. The van der Waals surface area contributed by atoms with Gasteiger partial charge in [0.1, 0.15) is 5.75 Å². The topological polar surface area (TPSA) is 36.0 Å². The minimum Gasteiger partial charge on any atom is -0.509 e. The van der Waals surface area contributed by atoms with Crippen molar-refractivity contribution in [2.45, 2.75) is 0 Å². The van der Waals surface area contributed by atoms with Gasteiger partial charge in [0.25, 0.3) is 0 Å². The molecular formula is C8H6NORh+. The average molecular weight is 235 g/mol. The molecule has 0 atom stereocenters. The predicted molar refractivity (Wildman–Crippen MR) is 38.8 cm³/mol. The normalized spacial score (nSPS) is 9.45. The molecule has 0 spiro atoms. The van der Waals surface area contributed by atoms with Gasteiger partial charge in [0.15, 0.2) is 0 Å². The Bertz CT molecular complexity index is 356. The van der Waals surface area contributed by atoms with Crippen LogP contribution in [0.15, 0.2) is 24.3 Å². The van der Waals surface area contributed by atoms with Crippen LogP contribution in [0.2, 0.25) is 0 Å². The third-order valence-corrected chi connectivity index (χ3v) is 1.47. The van der Waals surface area contributed by atoms with E-state index >= 15 is 0 Å². The van der Waals surface area contributed by atoms with Gasteiger partial charge in [-0.2, -0.15) is 11.5 Å². The molecule has 0 aliphatic rings. The summed E-state index contributed by atoms with van der Waals surface area (Å²) in [5, 5.41) is 10.0. The van der Waals surface area contributed by atoms with E-state index < -0.39 is 0 Å². The van der Waals surface area contributed by atoms with E-state index in [-0.39, 0.29) is 19.5 Å². The number of benzene rings is 1. The van der Waals surface area contributed by atoms with Crippen molar-refractivity contribution in [1.29, 1.82) is 0 Å². The first kappa shape index (κ1) is 8.28. The minimum atomic E-state index is 0. The zero-order chi connectivity index (χ0) is 6.97. The van der Waals surface area contributed by atoms with Crippen LogP contribution in [0.4, 0.5) is 0 Å². The molecule has 1 heterocycles. The van der Waals surface area contributed by atoms with Crippen molar-refractivity contribution in [3.8, 4) is 5.75 Å². The fourth-order valence-electron chi connectivity index (χ4n) is 0.975. The first-order chi connectivity index (χ1) is 4.86. The molecule has 0 unspecified atom stereocenters. The summed E-state index contributed by atoms with van der Waals surface area (Å²) in [7, 11) is 0. The molecule has 0 aliphatic heterocycles. The number of rotatable bonds is 0. The van der Waals surface area contributed by atoms with Crippen LogP contribution in [-0.4, -0.2) is 10.1 Å². The molecule has 0 bridgehead atoms. The maximum absolute atomic E-state index is 9.02. The number of hydrogen-bond donors (Lipinski definition) is 2. The van der Waals surface area contributed by atoms with Crippen molar-refractivity contribution in [3.63, 3.8) is 0 Å². The second-order valence-electron chi connectivity index (χ2n) is 2.19. The maximum Gasteiger partial charge on any atom is 2.00 e. The van der Waals surface area contributed by atoms with Crippen molar-refractivity contribution >= 4 is 10.9 Å². The van der Waals surface area contributed by atoms with E-state index in [0.29, 0.717) is 5.75 Å². The molecule has 1 aromatic carbocycles. The smallest absolute Gasteiger partial charge is 0.509 e. The Kier molecular flexibility index (Phi) is 2.30. The van der Waals surface area contributed by atoms with Crippen LogP contribution < -0.4 is 0 Å². The van der Waals surface area contributed by atoms with Crippen LogP contribution in [0.1, 0.15) is 0 Å². The van der Waals surface area contributed by atoms with Crippen LogP contribution in [0.5, 0.6) is 5.75 Å². The average Bonchev–Trinajstić information content (AvgIpc) is 2.33. The largest absolute Gasteiger partial charge is 2.00 e. The molecule has 2 nitrogen and oxygen atoms in total. The Morgan fingerprint density at radius 3 is 3.00 bits per heavy atom. The summed E-state index contributed by atoms with van der Waals surface area (Å²) in [6.45, 7) is 0. The number of aromatic hydroxyl groups is 1. The van der Waals surface area contributed by atoms with Crippen molar-refractivity contribution in [1.82, 2.24) is 4.98 Å². The van der Waals surface area contributed by atoms with Gasteiger partial charge in [-0.15, -0.1) is 17.8 Å². The summed E-state index contributed by atoms with van der Waals surface area (Å²) in [6, 6.07) is 6.96. The van der Waals surface area contributed by atoms with Crippen LogP contribution in [-0.2, 0) is 19.5 Å². The number of fused-ring (bicyclic) bond motifs is 1. The van der Waals surface area contributed by atoms with Gasteiger partial charge >= 0.3 is 19.5 Å². The number of H-pyrrole nitrogens is 1. The molecule has 2 N–H and O–H groups in total. The molecule has 2 rings (SSSR count). The number of aromatic amines is 1. The number of phenolic OH excluding ortho intramolecular Hbond substituents is 1. The van der Waals surface area contributed by atoms with E-state index in [0.717, 1.165) is 10.9 Å². The SMILES string of the molecule is Oc1ccc2[nH][c-]cc2c1.[Rh+2]. The number of aromatic nitrogens is 1. The molecule has 11 heavy (non-hydrogen) atoms. The number of phenols is 1. The molecule has 0 saturated heterocycles. The molecule has 0 aliphatic carbocycles. The van der Waals surface area contributed by atoms with Gasteiger partial charge < -0.3 is 10.1 Å². The Morgan fingerprint density at radius 1 is 1.36 bits per heavy atom. The van der Waals surface area contributed by atoms with Crippen molar-refractivity contribution in [2.24, 2.45) is 0 Å². The molecular weight excluding hydrogens is 229 g/mol. The number of nitrogens with one attached hydrogen (secondary N) is 1. The quantitative estimate of drug-likeness (QED) is 0.528. The zero-order valence-corrected chi connectivity index (χ0v) is 7.23. The maximum atomic E-state index is 9.02. The summed E-state index contributed by atoms with van der Waals surface area (Å²) in [4.78, 5) is 2.91. The van der Waals surface area contributed by atoms with Crippen molar-refractivity contribution in [2.75, 3.05) is 0 Å². The van der Waals surface area contributed by atoms with Crippen LogP contribution >= 0.6 is 0 Å². The van der Waals surface area contributed by atoms with E-state index in [1.165, 1.54) is 0 Å². The van der Waals surface area contributed by atoms with Crippen molar-refractivity contribution in [3.05, 3.63) is 30.5 Å². The Labute approximate surface area is 77.0 Å². The molecule has 3 heteroatoms. The molecule has 0 fully saturated rings. The third-order valence-electron chi connectivity index (χ3n) is 1.47. The fraction of sp³-hybridized carbons (Fsp3) is 0. The molecule has 2 aromatic rings. The third kappa shape index (κ3) is 1.43. The summed E-state index contributed by atoms with van der Waals surface area (Å²) in [6.07, 6.45) is 2.83. The Hall–Kier alpha value is -0.817. The van der Waals surface area contributed by atoms with Crippen LogP contribution in [0.3, 0.4) is 0 Å². The van der Waals surface area contributed by atoms with E-state index in [2.05, 4.69) is 11.2 Å². The number of hydrogen-bond acceptors (Lipinski definition) is 1. The summed E-state index contributed by atoms with van der Waals surface area (Å²) in [5.74, 6) is 0.292. The zero-order valence-electron chi connectivity index (χ0n) is 5.59. The van der Waals surface area contributed by atoms with Crippen LogP contribution in [0, 0.1) is 6.20 Å². The molecule has 0 amide bonds. The van der Waals surface area contributed by atoms with Crippen molar-refractivity contribution < 1.29 is 24.6 Å². The fourth-order valence-corrected chi connectivity index (χ4v) is 0.975. The monoisotopic (exact) mass is 235 g/mol. The van der Waals surface area contributed by atoms with Gasteiger partial charge in [0, 0.05) is 0 Å². The summed E-state index contributed by atoms with van der Waals surface area (Å²) < 4.78 is 0. The molecule has 1 radical (unpaired) electrons. The minimum absolute atomic E-state index is 0. The standard InChI is InChI=1S/C8H6NO.Rh/c10-7-1-2-8-6(5-7)3-4-9-8;/h1-3,5,9-10H;/q-1;+2. The summed E-state index contributed by atoms with van der Waals surface area (Å²) >= 11 is 0. The van der Waals surface area contributed by atoms with Gasteiger partial charge in [-0.25, -0.2) is 0 Å². The van der Waals surface area contributed by atoms with Gasteiger partial charge in [-0.05, 0) is 6.07 Å². The van der Waals surface area contributed by atoms with Crippen LogP contribution in [0.25, 0.3) is 10.9 Å². The summed E-state index contributed by atoms with van der Waals surface area (Å²) in [5.41, 5.74) is 0.998. The van der Waals surface area contributed by atoms with Gasteiger partial charge in [-0.1, -0.05) is 6.07 Å². The van der Waals surface area contributed by atoms with Gasteiger partial charge in [0.2, 0.25) is 0 Å². The molecule has 0 saturated carbocycles. The Balaban J connectivity index is 0.000000605. The van der Waals surface area contributed by atoms with E-state index in [9.17, 15) is 0 Å². The van der Waals surface area contributed by atoms with Gasteiger partial charge in [-0.3, -0.25) is 0 Å². The molecule has 1 aromatic heterocycles. The van der Waals surface area contributed by atoms with Gasteiger partial charge in [0.05, 0.1) is 0 Å². The first-order valence-corrected chi connectivity index (χ1v) is 3.04. The first-order valence-electron chi connectivity index (χ1n) is 3.04. The van der Waals surface area contributed by atoms with E-state index in [1.54, 1.807) is 18.2 Å². The van der Waals surface area contributed by atoms with E-state index in [4.69, 9.17) is 5.11 Å².